The predicted molar refractivity (Wildman–Crippen MR) is 109 cm³/mol. The van der Waals surface area contributed by atoms with Crippen LogP contribution in [-0.2, 0) is 9.59 Å². The summed E-state index contributed by atoms with van der Waals surface area (Å²) in [5, 5.41) is 3.08. The number of piperazine rings is 1. The maximum Gasteiger partial charge on any atom is 0.241 e. The van der Waals surface area contributed by atoms with Gasteiger partial charge in [-0.05, 0) is 31.2 Å². The zero-order valence-corrected chi connectivity index (χ0v) is 16.5. The number of benzene rings is 2. The molecule has 1 fully saturated rings. The third-order valence-electron chi connectivity index (χ3n) is 4.80. The van der Waals surface area contributed by atoms with Crippen LogP contribution in [0, 0.1) is 0 Å². The fourth-order valence-electron chi connectivity index (χ4n) is 3.10. The third-order valence-corrected chi connectivity index (χ3v) is 5.89. The first-order valence-electron chi connectivity index (χ1n) is 9.17. The van der Waals surface area contributed by atoms with Crippen molar-refractivity contribution in [3.63, 3.8) is 0 Å². The molecule has 0 aromatic heterocycles. The molecule has 1 atom stereocenters. The molecule has 5 nitrogen and oxygen atoms in total. The minimum atomic E-state index is -0.242. The fraction of sp³-hybridized carbons (Fsp3) is 0.333. The molecule has 0 spiro atoms. The van der Waals surface area contributed by atoms with E-state index in [4.69, 9.17) is 0 Å². The van der Waals surface area contributed by atoms with Gasteiger partial charge in [0.25, 0.3) is 0 Å². The molecule has 2 amide bonds. The van der Waals surface area contributed by atoms with E-state index < -0.39 is 0 Å². The van der Waals surface area contributed by atoms with E-state index in [2.05, 4.69) is 22.3 Å². The lowest BCUT2D eigenvalue weighted by atomic mass is 10.2. The molecule has 27 heavy (non-hydrogen) atoms. The van der Waals surface area contributed by atoms with E-state index >= 15 is 0 Å². The Morgan fingerprint density at radius 3 is 2.26 bits per heavy atom. The molecule has 3 rings (SSSR count). The molecule has 142 valence electrons. The second-order valence-corrected chi connectivity index (χ2v) is 7.73. The van der Waals surface area contributed by atoms with Gasteiger partial charge >= 0.3 is 0 Å². The summed E-state index contributed by atoms with van der Waals surface area (Å²) in [4.78, 5) is 30.4. The number of anilines is 1. The summed E-state index contributed by atoms with van der Waals surface area (Å²) in [6, 6.07) is 17.7. The van der Waals surface area contributed by atoms with Gasteiger partial charge in [-0.2, -0.15) is 0 Å². The number of rotatable bonds is 5. The molecule has 0 unspecified atom stereocenters. The topological polar surface area (TPSA) is 52.7 Å². The molecular weight excluding hydrogens is 358 g/mol. The van der Waals surface area contributed by atoms with Crippen LogP contribution in [0.15, 0.2) is 64.4 Å². The third kappa shape index (κ3) is 5.11. The molecule has 0 bridgehead atoms. The number of hydrogen-bond acceptors (Lipinski definition) is 4. The van der Waals surface area contributed by atoms with E-state index in [1.54, 1.807) is 18.7 Å². The van der Waals surface area contributed by atoms with Gasteiger partial charge in [-0.1, -0.05) is 42.1 Å². The highest BCUT2D eigenvalue weighted by atomic mass is 32.2. The van der Waals surface area contributed by atoms with Crippen LogP contribution in [0.25, 0.3) is 0 Å². The van der Waals surface area contributed by atoms with Crippen LogP contribution in [-0.4, -0.2) is 53.8 Å². The van der Waals surface area contributed by atoms with Crippen molar-refractivity contribution in [2.45, 2.75) is 29.7 Å². The molecule has 0 radical (unpaired) electrons. The highest BCUT2D eigenvalue weighted by molar-refractivity contribution is 7.99. The van der Waals surface area contributed by atoms with Gasteiger partial charge in [0.2, 0.25) is 11.8 Å². The smallest absolute Gasteiger partial charge is 0.241 e. The minimum Gasteiger partial charge on any atom is -0.340 e. The van der Waals surface area contributed by atoms with Crippen molar-refractivity contribution in [2.75, 3.05) is 31.5 Å². The molecule has 6 heteroatoms. The number of hydrogen-bond donors (Lipinski definition) is 1. The lowest BCUT2D eigenvalue weighted by molar-refractivity contribution is -0.131. The number of amides is 2. The molecule has 1 N–H and O–H groups in total. The summed E-state index contributed by atoms with van der Waals surface area (Å²) < 4.78 is 0. The van der Waals surface area contributed by atoms with Gasteiger partial charge in [-0.25, -0.2) is 0 Å². The van der Waals surface area contributed by atoms with Gasteiger partial charge in [-0.3, -0.25) is 14.5 Å². The Kier molecular flexibility index (Phi) is 6.53. The van der Waals surface area contributed by atoms with Crippen LogP contribution in [0.1, 0.15) is 13.8 Å². The van der Waals surface area contributed by atoms with Crippen LogP contribution in [0.3, 0.4) is 0 Å². The van der Waals surface area contributed by atoms with E-state index in [0.717, 1.165) is 15.5 Å². The number of nitrogens with one attached hydrogen (secondary N) is 1. The average Bonchev–Trinajstić information content (AvgIpc) is 2.69. The predicted octanol–water partition coefficient (Wildman–Crippen LogP) is 3.33. The van der Waals surface area contributed by atoms with Crippen LogP contribution in [0.5, 0.6) is 0 Å². The lowest BCUT2D eigenvalue weighted by Crippen LogP contribution is -2.53. The molecule has 1 heterocycles. The first-order chi connectivity index (χ1) is 13.0. The Morgan fingerprint density at radius 1 is 0.963 bits per heavy atom. The standard InChI is InChI=1S/C21H25N3O2S/c1-16(23-12-14-24(15-13-23)17(2)25)21(26)22-19-10-6-7-11-20(19)27-18-8-4-3-5-9-18/h3-11,16H,12-15H2,1-2H3,(H,22,26)/t16-/m0/s1. The summed E-state index contributed by atoms with van der Waals surface area (Å²) in [5.41, 5.74) is 0.825. The van der Waals surface area contributed by atoms with Gasteiger partial charge in [0, 0.05) is 42.9 Å². The fourth-order valence-corrected chi connectivity index (χ4v) is 4.02. The van der Waals surface area contributed by atoms with Crippen molar-refractivity contribution in [1.82, 2.24) is 9.80 Å². The number of carbonyl (C=O) groups excluding carboxylic acids is 2. The molecule has 1 aliphatic rings. The zero-order chi connectivity index (χ0) is 19.2. The van der Waals surface area contributed by atoms with E-state index in [-0.39, 0.29) is 17.9 Å². The van der Waals surface area contributed by atoms with Gasteiger partial charge in [0.1, 0.15) is 0 Å². The summed E-state index contributed by atoms with van der Waals surface area (Å²) >= 11 is 1.63. The largest absolute Gasteiger partial charge is 0.340 e. The summed E-state index contributed by atoms with van der Waals surface area (Å²) in [6.45, 7) is 6.29. The SMILES string of the molecule is CC(=O)N1CCN([C@@H](C)C(=O)Nc2ccccc2Sc2ccccc2)CC1. The lowest BCUT2D eigenvalue weighted by Gasteiger charge is -2.37. The molecule has 1 saturated heterocycles. The summed E-state index contributed by atoms with van der Waals surface area (Å²) in [7, 11) is 0. The minimum absolute atomic E-state index is 0.0209. The maximum atomic E-state index is 12.8. The van der Waals surface area contributed by atoms with E-state index in [1.165, 1.54) is 0 Å². The normalized spacial score (nSPS) is 16.0. The van der Waals surface area contributed by atoms with Gasteiger partial charge in [-0.15, -0.1) is 0 Å². The van der Waals surface area contributed by atoms with Crippen molar-refractivity contribution < 1.29 is 9.59 Å². The van der Waals surface area contributed by atoms with Gasteiger partial charge in [0.05, 0.1) is 11.7 Å². The quantitative estimate of drug-likeness (QED) is 0.861. The monoisotopic (exact) mass is 383 g/mol. The molecule has 2 aromatic rings. The Hall–Kier alpha value is -2.31. The Labute approximate surface area is 164 Å². The van der Waals surface area contributed by atoms with Crippen molar-refractivity contribution in [2.24, 2.45) is 0 Å². The van der Waals surface area contributed by atoms with Gasteiger partial charge < -0.3 is 10.2 Å². The number of carbonyl (C=O) groups is 2. The Morgan fingerprint density at radius 2 is 1.59 bits per heavy atom. The Bertz CT molecular complexity index is 789. The van der Waals surface area contributed by atoms with Crippen molar-refractivity contribution in [1.29, 1.82) is 0 Å². The van der Waals surface area contributed by atoms with Crippen molar-refractivity contribution in [3.05, 3.63) is 54.6 Å². The van der Waals surface area contributed by atoms with E-state index in [9.17, 15) is 9.59 Å². The Balaban J connectivity index is 1.63. The number of para-hydroxylation sites is 1. The molecule has 2 aromatic carbocycles. The van der Waals surface area contributed by atoms with Crippen LogP contribution in [0.4, 0.5) is 5.69 Å². The molecule has 0 aliphatic carbocycles. The van der Waals surface area contributed by atoms with E-state index in [1.807, 2.05) is 54.3 Å². The first-order valence-corrected chi connectivity index (χ1v) is 9.98. The second-order valence-electron chi connectivity index (χ2n) is 6.62. The molecule has 0 saturated carbocycles. The first kappa shape index (κ1) is 19.5. The molecule has 1 aliphatic heterocycles. The molecular formula is C21H25N3O2S. The van der Waals surface area contributed by atoms with Gasteiger partial charge in [0.15, 0.2) is 0 Å². The summed E-state index contributed by atoms with van der Waals surface area (Å²) in [6.07, 6.45) is 0. The highest BCUT2D eigenvalue weighted by Crippen LogP contribution is 2.33. The maximum absolute atomic E-state index is 12.8. The zero-order valence-electron chi connectivity index (χ0n) is 15.7. The van der Waals surface area contributed by atoms with Crippen LogP contribution >= 0.6 is 11.8 Å². The average molecular weight is 384 g/mol. The van der Waals surface area contributed by atoms with Crippen LogP contribution in [0.2, 0.25) is 0 Å². The highest BCUT2D eigenvalue weighted by Gasteiger charge is 2.26. The number of nitrogens with zero attached hydrogens (tertiary/aromatic N) is 2. The van der Waals surface area contributed by atoms with E-state index in [0.29, 0.717) is 26.2 Å². The van der Waals surface area contributed by atoms with Crippen molar-refractivity contribution in [3.8, 4) is 0 Å². The van der Waals surface area contributed by atoms with Crippen molar-refractivity contribution >= 4 is 29.3 Å². The summed E-state index contributed by atoms with van der Waals surface area (Å²) in [5.74, 6) is 0.0750. The second kappa shape index (κ2) is 9.06. The van der Waals surface area contributed by atoms with Crippen LogP contribution < -0.4 is 5.32 Å².